The van der Waals surface area contributed by atoms with Gasteiger partial charge in [-0.25, -0.2) is 13.8 Å². The van der Waals surface area contributed by atoms with Gasteiger partial charge in [0.25, 0.3) is 0 Å². The van der Waals surface area contributed by atoms with Gasteiger partial charge in [-0.05, 0) is 25.0 Å². The molecule has 1 aromatic carbocycles. The smallest absolute Gasteiger partial charge is 0.184 e. The van der Waals surface area contributed by atoms with Crippen molar-refractivity contribution in [1.82, 2.24) is 4.98 Å². The number of hydrogen-bond donors (Lipinski definition) is 1. The molecule has 1 heterocycles. The maximum atomic E-state index is 13.5. The predicted octanol–water partition coefficient (Wildman–Crippen LogP) is 3.93. The fraction of sp³-hybridized carbons (Fsp3) is 0.417. The lowest BCUT2D eigenvalue weighted by molar-refractivity contribution is 0.617. The van der Waals surface area contributed by atoms with E-state index in [0.717, 1.165) is 25.0 Å². The zero-order chi connectivity index (χ0) is 11.8. The highest BCUT2D eigenvalue weighted by molar-refractivity contribution is 7.22. The Labute approximate surface area is 102 Å². The van der Waals surface area contributed by atoms with E-state index in [1.54, 1.807) is 0 Å². The standard InChI is InChI=1S/C12H12F2N2S/c13-8-5-6-9(14)11-10(8)16-12(17-11)15-7-3-1-2-4-7/h5-7H,1-4H2,(H,15,16). The van der Waals surface area contributed by atoms with E-state index in [1.165, 1.54) is 24.2 Å². The molecule has 1 aromatic heterocycles. The van der Waals surface area contributed by atoms with Gasteiger partial charge in [-0.2, -0.15) is 0 Å². The van der Waals surface area contributed by atoms with E-state index in [4.69, 9.17) is 0 Å². The van der Waals surface area contributed by atoms with Gasteiger partial charge >= 0.3 is 0 Å². The molecule has 0 spiro atoms. The molecule has 1 fully saturated rings. The minimum absolute atomic E-state index is 0.135. The van der Waals surface area contributed by atoms with E-state index in [0.29, 0.717) is 15.9 Å². The van der Waals surface area contributed by atoms with Gasteiger partial charge in [0.1, 0.15) is 11.3 Å². The number of halogens is 2. The summed E-state index contributed by atoms with van der Waals surface area (Å²) in [5, 5.41) is 3.88. The van der Waals surface area contributed by atoms with Crippen molar-refractivity contribution in [3.8, 4) is 0 Å². The monoisotopic (exact) mass is 254 g/mol. The van der Waals surface area contributed by atoms with Crippen molar-refractivity contribution in [3.05, 3.63) is 23.8 Å². The highest BCUT2D eigenvalue weighted by Crippen LogP contribution is 2.32. The molecular formula is C12H12F2N2S. The molecule has 3 rings (SSSR count). The summed E-state index contributed by atoms with van der Waals surface area (Å²) in [7, 11) is 0. The van der Waals surface area contributed by atoms with Gasteiger partial charge in [0.15, 0.2) is 10.9 Å². The van der Waals surface area contributed by atoms with Gasteiger partial charge in [-0.1, -0.05) is 24.2 Å². The van der Waals surface area contributed by atoms with Crippen LogP contribution in [0.2, 0.25) is 0 Å². The fourth-order valence-corrected chi connectivity index (χ4v) is 3.21. The van der Waals surface area contributed by atoms with Crippen LogP contribution in [0.25, 0.3) is 10.2 Å². The van der Waals surface area contributed by atoms with Crippen LogP contribution in [0.3, 0.4) is 0 Å². The number of nitrogens with one attached hydrogen (secondary N) is 1. The highest BCUT2D eigenvalue weighted by atomic mass is 32.1. The predicted molar refractivity (Wildman–Crippen MR) is 65.4 cm³/mol. The number of fused-ring (bicyclic) bond motifs is 1. The molecule has 2 nitrogen and oxygen atoms in total. The number of anilines is 1. The largest absolute Gasteiger partial charge is 0.359 e. The Hall–Kier alpha value is -1.23. The lowest BCUT2D eigenvalue weighted by atomic mass is 10.3. The van der Waals surface area contributed by atoms with Crippen LogP contribution in [0, 0.1) is 11.6 Å². The van der Waals surface area contributed by atoms with E-state index in [1.807, 2.05) is 0 Å². The van der Waals surface area contributed by atoms with Crippen molar-refractivity contribution in [3.63, 3.8) is 0 Å². The third-order valence-electron chi connectivity index (χ3n) is 3.13. The summed E-state index contributed by atoms with van der Waals surface area (Å²) in [4.78, 5) is 4.13. The summed E-state index contributed by atoms with van der Waals surface area (Å²) in [6.45, 7) is 0. The highest BCUT2D eigenvalue weighted by Gasteiger charge is 2.18. The minimum atomic E-state index is -0.461. The lowest BCUT2D eigenvalue weighted by Gasteiger charge is -2.09. The molecule has 2 aromatic rings. The minimum Gasteiger partial charge on any atom is -0.359 e. The molecule has 0 radical (unpaired) electrons. The third kappa shape index (κ3) is 1.99. The van der Waals surface area contributed by atoms with Crippen molar-refractivity contribution >= 4 is 26.7 Å². The van der Waals surface area contributed by atoms with E-state index in [9.17, 15) is 8.78 Å². The Kier molecular flexibility index (Phi) is 2.70. The Morgan fingerprint density at radius 2 is 1.88 bits per heavy atom. The quantitative estimate of drug-likeness (QED) is 0.878. The first-order valence-corrected chi connectivity index (χ1v) is 6.57. The Morgan fingerprint density at radius 1 is 1.18 bits per heavy atom. The molecule has 5 heteroatoms. The maximum absolute atomic E-state index is 13.5. The number of aromatic nitrogens is 1. The van der Waals surface area contributed by atoms with Gasteiger partial charge in [0.2, 0.25) is 0 Å². The SMILES string of the molecule is Fc1ccc(F)c2sc(NC3CCCC3)nc12. The van der Waals surface area contributed by atoms with Crippen molar-refractivity contribution in [2.75, 3.05) is 5.32 Å². The van der Waals surface area contributed by atoms with Gasteiger partial charge < -0.3 is 5.32 Å². The lowest BCUT2D eigenvalue weighted by Crippen LogP contribution is -2.13. The van der Waals surface area contributed by atoms with E-state index in [2.05, 4.69) is 10.3 Å². The van der Waals surface area contributed by atoms with E-state index >= 15 is 0 Å². The number of thiazole rings is 1. The molecule has 1 N–H and O–H groups in total. The molecule has 1 aliphatic carbocycles. The van der Waals surface area contributed by atoms with Crippen LogP contribution in [-0.2, 0) is 0 Å². The summed E-state index contributed by atoms with van der Waals surface area (Å²) in [5.74, 6) is -0.865. The second-order valence-corrected chi connectivity index (χ2v) is 5.35. The molecule has 0 atom stereocenters. The van der Waals surface area contributed by atoms with Crippen molar-refractivity contribution in [2.24, 2.45) is 0 Å². The summed E-state index contributed by atoms with van der Waals surface area (Å²) in [6.07, 6.45) is 4.65. The number of nitrogens with zero attached hydrogens (tertiary/aromatic N) is 1. The average molecular weight is 254 g/mol. The number of benzene rings is 1. The van der Waals surface area contributed by atoms with Gasteiger partial charge in [0.05, 0.1) is 4.70 Å². The molecular weight excluding hydrogens is 242 g/mol. The van der Waals surface area contributed by atoms with Gasteiger partial charge in [-0.3, -0.25) is 0 Å². The van der Waals surface area contributed by atoms with Gasteiger partial charge in [-0.15, -0.1) is 0 Å². The fourth-order valence-electron chi connectivity index (χ4n) is 2.25. The molecule has 1 aliphatic rings. The van der Waals surface area contributed by atoms with Crippen LogP contribution in [0.1, 0.15) is 25.7 Å². The van der Waals surface area contributed by atoms with Gasteiger partial charge in [0, 0.05) is 6.04 Å². The van der Waals surface area contributed by atoms with E-state index in [-0.39, 0.29) is 5.52 Å². The molecule has 0 unspecified atom stereocenters. The second-order valence-electron chi connectivity index (χ2n) is 4.35. The zero-order valence-corrected chi connectivity index (χ0v) is 9.99. The van der Waals surface area contributed by atoms with Crippen LogP contribution in [-0.4, -0.2) is 11.0 Å². The maximum Gasteiger partial charge on any atom is 0.184 e. The molecule has 0 aliphatic heterocycles. The van der Waals surface area contributed by atoms with Crippen molar-refractivity contribution in [1.29, 1.82) is 0 Å². The first-order valence-electron chi connectivity index (χ1n) is 5.75. The van der Waals surface area contributed by atoms with Crippen LogP contribution in [0.15, 0.2) is 12.1 Å². The summed E-state index contributed by atoms with van der Waals surface area (Å²) >= 11 is 1.19. The van der Waals surface area contributed by atoms with Crippen molar-refractivity contribution < 1.29 is 8.78 Å². The third-order valence-corrected chi connectivity index (χ3v) is 4.12. The molecule has 0 amide bonds. The summed E-state index contributed by atoms with van der Waals surface area (Å²) < 4.78 is 27.2. The second kappa shape index (κ2) is 4.22. The summed E-state index contributed by atoms with van der Waals surface area (Å²) in [5.41, 5.74) is 0.135. The average Bonchev–Trinajstić information content (AvgIpc) is 2.94. The van der Waals surface area contributed by atoms with Crippen LogP contribution in [0.5, 0.6) is 0 Å². The molecule has 17 heavy (non-hydrogen) atoms. The Morgan fingerprint density at radius 3 is 2.59 bits per heavy atom. The number of hydrogen-bond acceptors (Lipinski definition) is 3. The van der Waals surface area contributed by atoms with Crippen LogP contribution in [0.4, 0.5) is 13.9 Å². The molecule has 0 saturated heterocycles. The first-order chi connectivity index (χ1) is 8.24. The summed E-state index contributed by atoms with van der Waals surface area (Å²) in [6, 6.07) is 2.67. The van der Waals surface area contributed by atoms with E-state index < -0.39 is 11.6 Å². The molecule has 0 bridgehead atoms. The topological polar surface area (TPSA) is 24.9 Å². The Bertz CT molecular complexity index is 508. The normalized spacial score (nSPS) is 16.8. The molecule has 90 valence electrons. The zero-order valence-electron chi connectivity index (χ0n) is 9.17. The number of rotatable bonds is 2. The first kappa shape index (κ1) is 10.9. The Balaban J connectivity index is 1.95. The van der Waals surface area contributed by atoms with Crippen LogP contribution < -0.4 is 5.32 Å². The molecule has 1 saturated carbocycles. The van der Waals surface area contributed by atoms with Crippen molar-refractivity contribution in [2.45, 2.75) is 31.7 Å². The van der Waals surface area contributed by atoms with Crippen LogP contribution >= 0.6 is 11.3 Å².